The molecule has 7 nitrogen and oxygen atoms in total. The van der Waals surface area contributed by atoms with Gasteiger partial charge in [-0.05, 0) is 18.1 Å². The first kappa shape index (κ1) is 14.0. The first-order valence-electron chi connectivity index (χ1n) is 6.65. The molecule has 0 saturated carbocycles. The maximum absolute atomic E-state index is 11.8. The number of rotatable bonds is 4. The number of amides is 1. The fourth-order valence-electron chi connectivity index (χ4n) is 2.58. The van der Waals surface area contributed by atoms with Gasteiger partial charge in [0.15, 0.2) is 0 Å². The number of nitrogens with zero attached hydrogens (tertiary/aromatic N) is 2. The topological polar surface area (TPSA) is 109 Å². The number of hydrogen-bond acceptors (Lipinski definition) is 4. The smallest absolute Gasteiger partial charge is 0.224 e. The van der Waals surface area contributed by atoms with E-state index in [1.54, 1.807) is 11.1 Å². The molecule has 8 heteroatoms. The van der Waals surface area contributed by atoms with Crippen LogP contribution in [0.25, 0.3) is 10.9 Å². The number of H-pyrrole nitrogens is 1. The Morgan fingerprint density at radius 3 is 2.95 bits per heavy atom. The first-order chi connectivity index (χ1) is 9.93. The molecule has 1 atom stereocenters. The van der Waals surface area contributed by atoms with E-state index in [0.29, 0.717) is 13.0 Å². The van der Waals surface area contributed by atoms with Gasteiger partial charge in [0.05, 0.1) is 11.7 Å². The average molecular weight is 308 g/mol. The molecule has 1 aromatic carbocycles. The van der Waals surface area contributed by atoms with E-state index in [4.69, 9.17) is 5.14 Å². The van der Waals surface area contributed by atoms with Crippen LogP contribution < -0.4 is 5.14 Å². The SMILES string of the molecule is NS(=O)(=O)C1CC(=O)N(CCc2ccc3cn[nH]c3c2)C1. The van der Waals surface area contributed by atoms with Crippen LogP contribution in [-0.2, 0) is 21.2 Å². The summed E-state index contributed by atoms with van der Waals surface area (Å²) in [6.07, 6.45) is 2.40. The first-order valence-corrected chi connectivity index (χ1v) is 8.26. The predicted molar refractivity (Wildman–Crippen MR) is 77.9 cm³/mol. The van der Waals surface area contributed by atoms with Gasteiger partial charge in [-0.1, -0.05) is 12.1 Å². The summed E-state index contributed by atoms with van der Waals surface area (Å²) in [6, 6.07) is 5.93. The van der Waals surface area contributed by atoms with Crippen molar-refractivity contribution in [2.45, 2.75) is 18.1 Å². The Balaban J connectivity index is 1.66. The fraction of sp³-hybridized carbons (Fsp3) is 0.385. The van der Waals surface area contributed by atoms with E-state index in [2.05, 4.69) is 10.2 Å². The summed E-state index contributed by atoms with van der Waals surface area (Å²) < 4.78 is 22.6. The summed E-state index contributed by atoms with van der Waals surface area (Å²) in [4.78, 5) is 13.4. The lowest BCUT2D eigenvalue weighted by molar-refractivity contribution is -0.127. The monoisotopic (exact) mass is 308 g/mol. The van der Waals surface area contributed by atoms with Crippen molar-refractivity contribution in [3.05, 3.63) is 30.0 Å². The standard InChI is InChI=1S/C13H16N4O3S/c14-21(19,20)11-6-13(18)17(8-11)4-3-9-1-2-10-7-15-16-12(10)5-9/h1-2,5,7,11H,3-4,6,8H2,(H,15,16)(H2,14,19,20). The summed E-state index contributed by atoms with van der Waals surface area (Å²) >= 11 is 0. The molecule has 3 N–H and O–H groups in total. The Bertz CT molecular complexity index is 784. The highest BCUT2D eigenvalue weighted by Crippen LogP contribution is 2.18. The molecule has 0 spiro atoms. The number of aromatic nitrogens is 2. The zero-order valence-corrected chi connectivity index (χ0v) is 12.1. The molecule has 1 aromatic heterocycles. The van der Waals surface area contributed by atoms with Gasteiger partial charge in [-0.2, -0.15) is 5.10 Å². The summed E-state index contributed by atoms with van der Waals surface area (Å²) in [6.45, 7) is 0.675. The van der Waals surface area contributed by atoms with Crippen molar-refractivity contribution in [2.24, 2.45) is 5.14 Å². The van der Waals surface area contributed by atoms with Gasteiger partial charge in [-0.3, -0.25) is 9.89 Å². The Labute approximate surface area is 122 Å². The molecule has 2 heterocycles. The van der Waals surface area contributed by atoms with Crippen molar-refractivity contribution in [3.8, 4) is 0 Å². The Hall–Kier alpha value is -1.93. The molecule has 0 bridgehead atoms. The van der Waals surface area contributed by atoms with E-state index >= 15 is 0 Å². The molecule has 1 fully saturated rings. The second-order valence-corrected chi connectivity index (χ2v) is 7.14. The van der Waals surface area contributed by atoms with Crippen molar-refractivity contribution in [1.29, 1.82) is 0 Å². The molecular weight excluding hydrogens is 292 g/mol. The molecule has 3 rings (SSSR count). The van der Waals surface area contributed by atoms with E-state index in [1.165, 1.54) is 0 Å². The summed E-state index contributed by atoms with van der Waals surface area (Å²) in [7, 11) is -3.65. The van der Waals surface area contributed by atoms with Crippen molar-refractivity contribution in [1.82, 2.24) is 15.1 Å². The lowest BCUT2D eigenvalue weighted by Crippen LogP contribution is -2.33. The van der Waals surface area contributed by atoms with Crippen LogP contribution in [0.2, 0.25) is 0 Å². The van der Waals surface area contributed by atoms with Crippen LogP contribution in [0.1, 0.15) is 12.0 Å². The van der Waals surface area contributed by atoms with E-state index in [-0.39, 0.29) is 18.9 Å². The van der Waals surface area contributed by atoms with Crippen LogP contribution >= 0.6 is 0 Å². The normalized spacial score (nSPS) is 19.6. The number of aromatic amines is 1. The van der Waals surface area contributed by atoms with Crippen LogP contribution in [0.15, 0.2) is 24.4 Å². The molecule has 1 aliphatic heterocycles. The number of carbonyl (C=O) groups is 1. The average Bonchev–Trinajstić information content (AvgIpc) is 3.01. The van der Waals surface area contributed by atoms with Gasteiger partial charge in [-0.25, -0.2) is 13.6 Å². The number of sulfonamides is 1. The lowest BCUT2D eigenvalue weighted by Gasteiger charge is -2.16. The van der Waals surface area contributed by atoms with Crippen molar-refractivity contribution >= 4 is 26.8 Å². The van der Waals surface area contributed by atoms with E-state index in [0.717, 1.165) is 16.5 Å². The number of primary sulfonamides is 1. The molecule has 0 radical (unpaired) electrons. The zero-order valence-electron chi connectivity index (χ0n) is 11.3. The minimum Gasteiger partial charge on any atom is -0.341 e. The van der Waals surface area contributed by atoms with E-state index in [1.807, 2.05) is 18.2 Å². The number of fused-ring (bicyclic) bond motifs is 1. The van der Waals surface area contributed by atoms with Gasteiger partial charge in [-0.15, -0.1) is 0 Å². The Kier molecular flexibility index (Phi) is 3.42. The number of benzene rings is 1. The summed E-state index contributed by atoms with van der Waals surface area (Å²) in [5.41, 5.74) is 2.02. The van der Waals surface area contributed by atoms with Gasteiger partial charge >= 0.3 is 0 Å². The number of nitrogens with two attached hydrogens (primary N) is 1. The number of nitrogens with one attached hydrogen (secondary N) is 1. The third-order valence-corrected chi connectivity index (χ3v) is 5.07. The molecule has 1 aliphatic rings. The predicted octanol–water partition coefficient (Wildman–Crippen LogP) is -0.00520. The third kappa shape index (κ3) is 2.91. The van der Waals surface area contributed by atoms with Gasteiger partial charge < -0.3 is 4.90 Å². The fourth-order valence-corrected chi connectivity index (χ4v) is 3.34. The van der Waals surface area contributed by atoms with E-state index < -0.39 is 15.3 Å². The molecule has 1 amide bonds. The highest BCUT2D eigenvalue weighted by molar-refractivity contribution is 7.89. The molecule has 21 heavy (non-hydrogen) atoms. The highest BCUT2D eigenvalue weighted by atomic mass is 32.2. The summed E-state index contributed by atoms with van der Waals surface area (Å²) in [5.74, 6) is -0.156. The number of carbonyl (C=O) groups excluding carboxylic acids is 1. The maximum Gasteiger partial charge on any atom is 0.224 e. The maximum atomic E-state index is 11.8. The summed E-state index contributed by atoms with van der Waals surface area (Å²) in [5, 5.41) is 12.2. The number of likely N-dealkylation sites (tertiary alicyclic amines) is 1. The second-order valence-electron chi connectivity index (χ2n) is 5.30. The van der Waals surface area contributed by atoms with E-state index in [9.17, 15) is 13.2 Å². The molecule has 1 unspecified atom stereocenters. The van der Waals surface area contributed by atoms with Crippen LogP contribution in [0.3, 0.4) is 0 Å². The second kappa shape index (κ2) is 5.12. The van der Waals surface area contributed by atoms with Gasteiger partial charge in [0.2, 0.25) is 15.9 Å². The van der Waals surface area contributed by atoms with Crippen LogP contribution in [0.4, 0.5) is 0 Å². The molecule has 112 valence electrons. The van der Waals surface area contributed by atoms with Crippen molar-refractivity contribution in [3.63, 3.8) is 0 Å². The third-order valence-electron chi connectivity index (χ3n) is 3.82. The molecular formula is C13H16N4O3S. The quantitative estimate of drug-likeness (QED) is 0.828. The zero-order chi connectivity index (χ0) is 15.0. The molecule has 1 saturated heterocycles. The molecule has 0 aliphatic carbocycles. The highest BCUT2D eigenvalue weighted by Gasteiger charge is 2.35. The van der Waals surface area contributed by atoms with Crippen LogP contribution in [-0.4, -0.2) is 47.8 Å². The van der Waals surface area contributed by atoms with Gasteiger partial charge in [0.1, 0.15) is 5.25 Å². The minimum absolute atomic E-state index is 0.0155. The minimum atomic E-state index is -3.65. The largest absolute Gasteiger partial charge is 0.341 e. The Morgan fingerprint density at radius 1 is 1.43 bits per heavy atom. The Morgan fingerprint density at radius 2 is 2.24 bits per heavy atom. The lowest BCUT2D eigenvalue weighted by atomic mass is 10.1. The van der Waals surface area contributed by atoms with Crippen LogP contribution in [0, 0.1) is 0 Å². The number of hydrogen-bond donors (Lipinski definition) is 2. The van der Waals surface area contributed by atoms with Crippen molar-refractivity contribution < 1.29 is 13.2 Å². The van der Waals surface area contributed by atoms with Gasteiger partial charge in [0, 0.05) is 24.9 Å². The van der Waals surface area contributed by atoms with Crippen LogP contribution in [0.5, 0.6) is 0 Å². The van der Waals surface area contributed by atoms with Crippen molar-refractivity contribution in [2.75, 3.05) is 13.1 Å². The molecule has 2 aromatic rings. The van der Waals surface area contributed by atoms with Gasteiger partial charge in [0.25, 0.3) is 0 Å².